The molecule has 0 radical (unpaired) electrons. The molecule has 1 aliphatic rings. The fourth-order valence-corrected chi connectivity index (χ4v) is 5.14. The Hall–Kier alpha value is -1.44. The molecule has 2 rings (SSSR count). The molecule has 0 aliphatic carbocycles. The fraction of sp³-hybridized carbons (Fsp3) is 0.588. The molecule has 134 valence electrons. The number of methoxy groups -OCH3 is 1. The quantitative estimate of drug-likeness (QED) is 0.878. The topological polar surface area (TPSA) is 83.9 Å². The van der Waals surface area contributed by atoms with E-state index < -0.39 is 16.0 Å². The van der Waals surface area contributed by atoms with E-state index in [4.69, 9.17) is 4.74 Å². The smallest absolute Gasteiger partial charge is 0.335 e. The highest BCUT2D eigenvalue weighted by molar-refractivity contribution is 7.89. The zero-order valence-electron chi connectivity index (χ0n) is 14.6. The average molecular weight is 355 g/mol. The normalized spacial score (nSPS) is 21.6. The molecule has 1 saturated heterocycles. The first-order valence-electron chi connectivity index (χ1n) is 7.95. The maximum absolute atomic E-state index is 13.2. The molecule has 6 nitrogen and oxygen atoms in total. The molecule has 1 N–H and O–H groups in total. The summed E-state index contributed by atoms with van der Waals surface area (Å²) in [6.07, 6.45) is 1.74. The van der Waals surface area contributed by atoms with Gasteiger partial charge in [-0.2, -0.15) is 4.31 Å². The minimum absolute atomic E-state index is 0.0220. The Morgan fingerprint density at radius 1 is 1.42 bits per heavy atom. The molecule has 7 heteroatoms. The predicted octanol–water partition coefficient (Wildman–Crippen LogP) is 2.73. The van der Waals surface area contributed by atoms with Crippen molar-refractivity contribution in [3.8, 4) is 0 Å². The maximum atomic E-state index is 13.2. The van der Waals surface area contributed by atoms with E-state index in [1.165, 1.54) is 29.6 Å². The van der Waals surface area contributed by atoms with Crippen LogP contribution in [0.1, 0.15) is 49.5 Å². The average Bonchev–Trinajstić information content (AvgIpc) is 2.50. The number of carbonyl (C=O) groups is 1. The van der Waals surface area contributed by atoms with Crippen LogP contribution in [0.25, 0.3) is 0 Å². The Bertz CT molecular complexity index is 726. The lowest BCUT2D eigenvalue weighted by Crippen LogP contribution is -2.48. The minimum Gasteiger partial charge on any atom is -0.478 e. The molecule has 0 bridgehead atoms. The lowest BCUT2D eigenvalue weighted by molar-refractivity contribution is 0.0696. The van der Waals surface area contributed by atoms with Crippen molar-refractivity contribution in [1.82, 2.24) is 4.31 Å². The van der Waals surface area contributed by atoms with Crippen LogP contribution in [0.5, 0.6) is 0 Å². The number of hydrogen-bond donors (Lipinski definition) is 1. The summed E-state index contributed by atoms with van der Waals surface area (Å²) in [5, 5.41) is 9.20. The van der Waals surface area contributed by atoms with Crippen molar-refractivity contribution >= 4 is 16.0 Å². The number of piperidine rings is 1. The van der Waals surface area contributed by atoms with Gasteiger partial charge in [0, 0.05) is 19.7 Å². The summed E-state index contributed by atoms with van der Waals surface area (Å²) in [5.74, 6) is -1.15. The lowest BCUT2D eigenvalue weighted by Gasteiger charge is -2.41. The van der Waals surface area contributed by atoms with E-state index in [-0.39, 0.29) is 28.5 Å². The number of rotatable bonds is 5. The van der Waals surface area contributed by atoms with Crippen LogP contribution in [-0.4, -0.2) is 43.5 Å². The lowest BCUT2D eigenvalue weighted by atomic mass is 9.83. The number of carboxylic acids is 1. The summed E-state index contributed by atoms with van der Waals surface area (Å²) < 4.78 is 33.1. The molecule has 1 atom stereocenters. The van der Waals surface area contributed by atoms with Crippen LogP contribution in [0, 0.1) is 5.41 Å². The van der Waals surface area contributed by atoms with Crippen molar-refractivity contribution in [1.29, 1.82) is 0 Å². The van der Waals surface area contributed by atoms with Crippen molar-refractivity contribution in [3.63, 3.8) is 0 Å². The van der Waals surface area contributed by atoms with E-state index in [1.807, 2.05) is 20.8 Å². The van der Waals surface area contributed by atoms with Crippen LogP contribution >= 0.6 is 0 Å². The van der Waals surface area contributed by atoms with Crippen LogP contribution in [0.2, 0.25) is 0 Å². The van der Waals surface area contributed by atoms with Crippen molar-refractivity contribution < 1.29 is 23.1 Å². The first kappa shape index (κ1) is 18.9. The van der Waals surface area contributed by atoms with Crippen LogP contribution < -0.4 is 0 Å². The number of benzene rings is 1. The zero-order chi connectivity index (χ0) is 18.1. The molecule has 1 aromatic carbocycles. The molecule has 1 heterocycles. The third-order valence-electron chi connectivity index (χ3n) is 4.51. The minimum atomic E-state index is -3.80. The number of ether oxygens (including phenoxy) is 1. The standard InChI is InChI=1S/C17H25NO5S/c1-12-7-8-17(2,3)11-18(12)24(21,22)15-9-13(16(19)20)5-6-14(15)10-23-4/h5-6,9,12H,7-8,10-11H2,1-4H3,(H,19,20). The van der Waals surface area contributed by atoms with Gasteiger partial charge in [0.15, 0.2) is 0 Å². The third kappa shape index (κ3) is 3.79. The second kappa shape index (κ2) is 6.82. The van der Waals surface area contributed by atoms with Crippen molar-refractivity contribution in [2.45, 2.75) is 51.2 Å². The molecule has 0 spiro atoms. The van der Waals surface area contributed by atoms with Crippen molar-refractivity contribution in [2.24, 2.45) is 5.41 Å². The highest BCUT2D eigenvalue weighted by atomic mass is 32.2. The number of hydrogen-bond acceptors (Lipinski definition) is 4. The van der Waals surface area contributed by atoms with Crippen LogP contribution in [0.15, 0.2) is 23.1 Å². The summed E-state index contributed by atoms with van der Waals surface area (Å²) >= 11 is 0. The van der Waals surface area contributed by atoms with Crippen LogP contribution in [0.3, 0.4) is 0 Å². The van der Waals surface area contributed by atoms with E-state index in [9.17, 15) is 18.3 Å². The van der Waals surface area contributed by atoms with Gasteiger partial charge >= 0.3 is 5.97 Å². The Labute approximate surface area is 143 Å². The largest absolute Gasteiger partial charge is 0.478 e. The Kier molecular flexibility index (Phi) is 5.37. The number of carboxylic acid groups (broad SMARTS) is 1. The summed E-state index contributed by atoms with van der Waals surface area (Å²) in [4.78, 5) is 11.3. The van der Waals surface area contributed by atoms with E-state index in [0.29, 0.717) is 12.1 Å². The van der Waals surface area contributed by atoms with Crippen LogP contribution in [-0.2, 0) is 21.4 Å². The first-order valence-corrected chi connectivity index (χ1v) is 9.39. The number of nitrogens with zero attached hydrogens (tertiary/aromatic N) is 1. The van der Waals surface area contributed by atoms with Gasteiger partial charge < -0.3 is 9.84 Å². The van der Waals surface area contributed by atoms with Gasteiger partial charge in [0.05, 0.1) is 17.1 Å². The van der Waals surface area contributed by atoms with E-state index in [1.54, 1.807) is 0 Å². The van der Waals surface area contributed by atoms with Gasteiger partial charge in [0.25, 0.3) is 0 Å². The third-order valence-corrected chi connectivity index (χ3v) is 6.56. The summed E-state index contributed by atoms with van der Waals surface area (Å²) in [6, 6.07) is 4.03. The highest BCUT2D eigenvalue weighted by Crippen LogP contribution is 2.36. The van der Waals surface area contributed by atoms with E-state index >= 15 is 0 Å². The second-order valence-electron chi connectivity index (χ2n) is 7.16. The van der Waals surface area contributed by atoms with Gasteiger partial charge in [-0.15, -0.1) is 0 Å². The van der Waals surface area contributed by atoms with Crippen molar-refractivity contribution in [2.75, 3.05) is 13.7 Å². The fourth-order valence-electron chi connectivity index (χ4n) is 3.05. The first-order chi connectivity index (χ1) is 11.1. The van der Waals surface area contributed by atoms with Gasteiger partial charge in [0.2, 0.25) is 10.0 Å². The maximum Gasteiger partial charge on any atom is 0.335 e. The van der Waals surface area contributed by atoms with Gasteiger partial charge in [0.1, 0.15) is 0 Å². The Balaban J connectivity index is 2.54. The van der Waals surface area contributed by atoms with Crippen LogP contribution in [0.4, 0.5) is 0 Å². The Morgan fingerprint density at radius 2 is 2.08 bits per heavy atom. The van der Waals surface area contributed by atoms with Gasteiger partial charge in [-0.25, -0.2) is 13.2 Å². The molecule has 0 amide bonds. The molecule has 1 fully saturated rings. The molecular formula is C17H25NO5S. The summed E-state index contributed by atoms with van der Waals surface area (Å²) in [7, 11) is -2.32. The molecule has 1 aromatic rings. The molecule has 0 saturated carbocycles. The molecule has 24 heavy (non-hydrogen) atoms. The SMILES string of the molecule is COCc1ccc(C(=O)O)cc1S(=O)(=O)N1CC(C)(C)CCC1C. The monoisotopic (exact) mass is 355 g/mol. The zero-order valence-corrected chi connectivity index (χ0v) is 15.4. The van der Waals surface area contributed by atoms with E-state index in [2.05, 4.69) is 0 Å². The number of sulfonamides is 1. The van der Waals surface area contributed by atoms with Crippen molar-refractivity contribution in [3.05, 3.63) is 29.3 Å². The predicted molar refractivity (Wildman–Crippen MR) is 90.5 cm³/mol. The van der Waals surface area contributed by atoms with Gasteiger partial charge in [-0.05, 0) is 42.9 Å². The second-order valence-corrected chi connectivity index (χ2v) is 9.02. The summed E-state index contributed by atoms with van der Waals surface area (Å²) in [6.45, 7) is 6.51. The van der Waals surface area contributed by atoms with Gasteiger partial charge in [-0.3, -0.25) is 0 Å². The molecule has 1 unspecified atom stereocenters. The molecule has 1 aliphatic heterocycles. The van der Waals surface area contributed by atoms with Gasteiger partial charge in [-0.1, -0.05) is 19.9 Å². The molecular weight excluding hydrogens is 330 g/mol. The number of aromatic carboxylic acids is 1. The summed E-state index contributed by atoms with van der Waals surface area (Å²) in [5.41, 5.74) is 0.321. The van der Waals surface area contributed by atoms with E-state index in [0.717, 1.165) is 12.8 Å². The highest BCUT2D eigenvalue weighted by Gasteiger charge is 2.39. The molecule has 0 aromatic heterocycles. The Morgan fingerprint density at radius 3 is 2.67 bits per heavy atom.